The van der Waals surface area contributed by atoms with Gasteiger partial charge in [0.15, 0.2) is 0 Å². The smallest absolute Gasteiger partial charge is 0.101 e. The van der Waals surface area contributed by atoms with Gasteiger partial charge in [0.25, 0.3) is 0 Å². The topological polar surface area (TPSA) is 24.4 Å². The fourth-order valence-electron chi connectivity index (χ4n) is 0.870. The molecule has 1 aromatic carbocycles. The van der Waals surface area contributed by atoms with E-state index in [1.165, 1.54) is 20.4 Å². The van der Waals surface area contributed by atoms with Crippen LogP contribution in [-0.2, 0) is 0 Å². The Kier molecular flexibility index (Phi) is 2.04. The third-order valence-electron chi connectivity index (χ3n) is 1.37. The van der Waals surface area contributed by atoms with Crippen LogP contribution in [0.1, 0.15) is 0 Å². The molecular weight excluding hydrogens is 271 g/mol. The molecule has 0 spiro atoms. The quantitative estimate of drug-likeness (QED) is 0.582. The molecule has 1 heterocycles. The lowest BCUT2D eigenvalue weighted by Crippen LogP contribution is -1.99. The Balaban J connectivity index is 2.48. The van der Waals surface area contributed by atoms with Gasteiger partial charge >= 0.3 is 0 Å². The molecule has 0 atom stereocenters. The van der Waals surface area contributed by atoms with Crippen molar-refractivity contribution in [3.63, 3.8) is 0 Å². The van der Waals surface area contributed by atoms with E-state index in [2.05, 4.69) is 50.5 Å². The van der Waals surface area contributed by atoms with Gasteiger partial charge in [-0.3, -0.25) is 0 Å². The van der Waals surface area contributed by atoms with Crippen molar-refractivity contribution in [1.29, 1.82) is 0 Å². The summed E-state index contributed by atoms with van der Waals surface area (Å²) >= 11 is 3.80. The minimum atomic E-state index is 1.14. The van der Waals surface area contributed by atoms with Crippen molar-refractivity contribution in [2.75, 3.05) is 5.32 Å². The van der Waals surface area contributed by atoms with Crippen LogP contribution < -0.4 is 5.32 Å². The molecule has 1 N–H and O–H groups in total. The van der Waals surface area contributed by atoms with Gasteiger partial charge in [0.05, 0.1) is 10.6 Å². The maximum atomic E-state index is 4.04. The van der Waals surface area contributed by atoms with Crippen LogP contribution in [0.5, 0.6) is 0 Å². The Morgan fingerprint density at radius 3 is 3.27 bits per heavy atom. The SMILES string of the molecule is Ic1ccc2c(c1)SN=CN2. The summed E-state index contributed by atoms with van der Waals surface area (Å²) in [5, 5.41) is 3.07. The Labute approximate surface area is 82.8 Å². The monoisotopic (exact) mass is 276 g/mol. The summed E-state index contributed by atoms with van der Waals surface area (Å²) in [4.78, 5) is 1.19. The van der Waals surface area contributed by atoms with Gasteiger partial charge in [-0.15, -0.1) is 0 Å². The first-order valence-corrected chi connectivity index (χ1v) is 4.96. The van der Waals surface area contributed by atoms with E-state index in [0.717, 1.165) is 5.69 Å². The molecule has 56 valence electrons. The van der Waals surface area contributed by atoms with E-state index in [9.17, 15) is 0 Å². The van der Waals surface area contributed by atoms with E-state index in [-0.39, 0.29) is 0 Å². The normalized spacial score (nSPS) is 13.9. The standard InChI is InChI=1S/C7H5IN2S/c8-5-1-2-6-7(3-5)11-10-4-9-6/h1-4H,(H,9,10). The highest BCUT2D eigenvalue weighted by molar-refractivity contribution is 14.1. The number of hydrogen-bond acceptors (Lipinski definition) is 3. The summed E-state index contributed by atoms with van der Waals surface area (Å²) in [5.74, 6) is 0. The first-order chi connectivity index (χ1) is 5.36. The molecule has 0 fully saturated rings. The molecule has 11 heavy (non-hydrogen) atoms. The lowest BCUT2D eigenvalue weighted by atomic mass is 10.3. The van der Waals surface area contributed by atoms with Crippen LogP contribution in [0.15, 0.2) is 27.5 Å². The van der Waals surface area contributed by atoms with E-state index < -0.39 is 0 Å². The molecule has 0 saturated heterocycles. The zero-order chi connectivity index (χ0) is 7.68. The van der Waals surface area contributed by atoms with Gasteiger partial charge in [0.2, 0.25) is 0 Å². The highest BCUT2D eigenvalue weighted by Gasteiger charge is 2.05. The molecule has 0 aliphatic carbocycles. The van der Waals surface area contributed by atoms with Crippen LogP contribution in [0.3, 0.4) is 0 Å². The number of hydrogen-bond donors (Lipinski definition) is 1. The summed E-state index contributed by atoms with van der Waals surface area (Å²) in [5.41, 5.74) is 1.14. The predicted octanol–water partition coefficient (Wildman–Crippen LogP) is 2.75. The average molecular weight is 276 g/mol. The van der Waals surface area contributed by atoms with Crippen LogP contribution in [0, 0.1) is 3.57 Å². The second-order valence-corrected chi connectivity index (χ2v) is 4.19. The van der Waals surface area contributed by atoms with Gasteiger partial charge in [0.1, 0.15) is 6.34 Å². The lowest BCUT2D eigenvalue weighted by molar-refractivity contribution is 1.40. The summed E-state index contributed by atoms with van der Waals surface area (Å²) in [6, 6.07) is 6.26. The molecule has 0 aromatic heterocycles. The van der Waals surface area contributed by atoms with Gasteiger partial charge in [-0.1, -0.05) is 0 Å². The molecule has 0 saturated carbocycles. The molecule has 1 aliphatic heterocycles. The lowest BCUT2D eigenvalue weighted by Gasteiger charge is -2.10. The van der Waals surface area contributed by atoms with Gasteiger partial charge < -0.3 is 5.32 Å². The Hall–Kier alpha value is -0.230. The molecule has 1 aromatic rings. The van der Waals surface area contributed by atoms with Crippen molar-refractivity contribution in [3.05, 3.63) is 21.8 Å². The van der Waals surface area contributed by atoms with Crippen molar-refractivity contribution in [3.8, 4) is 0 Å². The maximum Gasteiger partial charge on any atom is 0.101 e. The first-order valence-electron chi connectivity index (χ1n) is 3.11. The zero-order valence-corrected chi connectivity index (χ0v) is 8.52. The molecule has 1 aliphatic rings. The minimum Gasteiger partial charge on any atom is -0.345 e. The highest BCUT2D eigenvalue weighted by atomic mass is 127. The third kappa shape index (κ3) is 1.51. The summed E-state index contributed by atoms with van der Waals surface area (Å²) in [7, 11) is 0. The van der Waals surface area contributed by atoms with Gasteiger partial charge in [-0.2, -0.15) is 0 Å². The van der Waals surface area contributed by atoms with Crippen molar-refractivity contribution >= 4 is 46.6 Å². The number of rotatable bonds is 0. The number of anilines is 1. The van der Waals surface area contributed by atoms with Crippen LogP contribution >= 0.6 is 34.5 Å². The fourth-order valence-corrected chi connectivity index (χ4v) is 2.20. The summed E-state index contributed by atoms with van der Waals surface area (Å²) in [6.07, 6.45) is 1.71. The van der Waals surface area contributed by atoms with E-state index in [1.807, 2.05) is 0 Å². The second kappa shape index (κ2) is 3.02. The molecule has 2 rings (SSSR count). The summed E-state index contributed by atoms with van der Waals surface area (Å²) in [6.45, 7) is 0. The second-order valence-electron chi connectivity index (χ2n) is 2.11. The minimum absolute atomic E-state index is 1.14. The van der Waals surface area contributed by atoms with Crippen molar-refractivity contribution < 1.29 is 0 Å². The molecule has 0 radical (unpaired) electrons. The van der Waals surface area contributed by atoms with Crippen LogP contribution in [0.25, 0.3) is 0 Å². The predicted molar refractivity (Wildman–Crippen MR) is 57.1 cm³/mol. The first kappa shape index (κ1) is 7.42. The van der Waals surface area contributed by atoms with Crippen molar-refractivity contribution in [2.45, 2.75) is 4.90 Å². The van der Waals surface area contributed by atoms with Crippen LogP contribution in [0.4, 0.5) is 5.69 Å². The number of benzene rings is 1. The number of halogens is 1. The largest absolute Gasteiger partial charge is 0.345 e. The van der Waals surface area contributed by atoms with Gasteiger partial charge in [0, 0.05) is 15.5 Å². The van der Waals surface area contributed by atoms with E-state index >= 15 is 0 Å². The fraction of sp³-hybridized carbons (Fsp3) is 0. The van der Waals surface area contributed by atoms with Crippen molar-refractivity contribution in [1.82, 2.24) is 0 Å². The van der Waals surface area contributed by atoms with E-state index in [0.29, 0.717) is 0 Å². The van der Waals surface area contributed by atoms with Crippen LogP contribution in [0.2, 0.25) is 0 Å². The molecule has 0 amide bonds. The molecular formula is C7H5IN2S. The molecule has 4 heteroatoms. The maximum absolute atomic E-state index is 4.04. The number of nitrogens with one attached hydrogen (secondary N) is 1. The van der Waals surface area contributed by atoms with E-state index in [1.54, 1.807) is 6.34 Å². The number of nitrogens with zero attached hydrogens (tertiary/aromatic N) is 1. The Bertz CT molecular complexity index is 311. The van der Waals surface area contributed by atoms with Crippen LogP contribution in [-0.4, -0.2) is 6.34 Å². The zero-order valence-electron chi connectivity index (χ0n) is 5.54. The molecule has 0 unspecified atom stereocenters. The average Bonchev–Trinajstić information content (AvgIpc) is 2.04. The van der Waals surface area contributed by atoms with Gasteiger partial charge in [-0.25, -0.2) is 4.40 Å². The Morgan fingerprint density at radius 2 is 2.36 bits per heavy atom. The van der Waals surface area contributed by atoms with Gasteiger partial charge in [-0.05, 0) is 40.8 Å². The van der Waals surface area contributed by atoms with Crippen molar-refractivity contribution in [2.24, 2.45) is 4.40 Å². The molecule has 2 nitrogen and oxygen atoms in total. The third-order valence-corrected chi connectivity index (χ3v) is 2.78. The van der Waals surface area contributed by atoms with E-state index in [4.69, 9.17) is 0 Å². The Morgan fingerprint density at radius 1 is 1.45 bits per heavy atom. The summed E-state index contributed by atoms with van der Waals surface area (Å²) < 4.78 is 5.28. The highest BCUT2D eigenvalue weighted by Crippen LogP contribution is 2.31. The number of fused-ring (bicyclic) bond motifs is 1. The molecule has 0 bridgehead atoms.